The highest BCUT2D eigenvalue weighted by Crippen LogP contribution is 2.48. The number of rotatable bonds is 9. The number of nitrogens with zero attached hydrogens (tertiary/aromatic N) is 3. The third kappa shape index (κ3) is 8.69. The van der Waals surface area contributed by atoms with Crippen LogP contribution in [0.3, 0.4) is 0 Å². The van der Waals surface area contributed by atoms with Gasteiger partial charge >= 0.3 is 6.09 Å². The number of pyridine rings is 1. The Morgan fingerprint density at radius 1 is 1.16 bits per heavy atom. The number of ether oxygens (including phenoxy) is 2. The van der Waals surface area contributed by atoms with E-state index in [1.165, 1.54) is 9.80 Å². The van der Waals surface area contributed by atoms with Gasteiger partial charge in [-0.25, -0.2) is 13.2 Å². The Hall–Kier alpha value is -4.11. The molecule has 2 aliphatic heterocycles. The first-order valence-electron chi connectivity index (χ1n) is 20.0. The van der Waals surface area contributed by atoms with Gasteiger partial charge in [0.15, 0.2) is 0 Å². The lowest BCUT2D eigenvalue weighted by Gasteiger charge is -2.43. The number of amides is 4. The molecule has 4 aliphatic rings. The van der Waals surface area contributed by atoms with Gasteiger partial charge in [0, 0.05) is 39.7 Å². The second-order valence-corrected chi connectivity index (χ2v) is 20.3. The number of benzene rings is 1. The summed E-state index contributed by atoms with van der Waals surface area (Å²) in [5.41, 5.74) is -2.56. The van der Waals surface area contributed by atoms with Gasteiger partial charge in [0.1, 0.15) is 23.7 Å². The van der Waals surface area contributed by atoms with E-state index in [0.717, 1.165) is 12.8 Å². The van der Waals surface area contributed by atoms with Crippen LogP contribution in [-0.4, -0.2) is 99.3 Å². The van der Waals surface area contributed by atoms with Gasteiger partial charge in [0.2, 0.25) is 33.6 Å². The van der Waals surface area contributed by atoms with Gasteiger partial charge in [0.25, 0.3) is 5.91 Å². The molecule has 3 fully saturated rings. The van der Waals surface area contributed by atoms with Crippen molar-refractivity contribution in [3.8, 4) is 11.8 Å². The standard InChI is InChI=1S/C41H56ClN5O9S/c1-8-18-55-32-21-29-28(14-11-15-30(29)42)35(43-32)56-27-20-31-34(48)44-41(37(50)45-57(53,54)40(7)16-17-40)22-26(41)13-10-9-12-24(2)19-25(3)33(36(49)46(31)23-27)47(38(51)52)39(4,5)6/h10-11,13-15,21,24-27,31,33H,8-9,12,16-20,22-23H2,1-7H3,(H,44,48)(H,45,50)(H,51,52)/b13-10-/t24-,25+,26+,27+,31-,33-,41+/m0/s1. The molecule has 4 amide bonds. The van der Waals surface area contributed by atoms with Crippen LogP contribution in [0.1, 0.15) is 99.8 Å². The number of halogens is 1. The van der Waals surface area contributed by atoms with Crippen LogP contribution < -0.4 is 19.5 Å². The lowest BCUT2D eigenvalue weighted by Crippen LogP contribution is -2.62. The number of carbonyl (C=O) groups excluding carboxylic acids is 3. The van der Waals surface area contributed by atoms with Crippen molar-refractivity contribution in [3.63, 3.8) is 0 Å². The maximum atomic E-state index is 15.1. The predicted octanol–water partition coefficient (Wildman–Crippen LogP) is 6.06. The Kier molecular flexibility index (Phi) is 11.9. The molecule has 1 saturated heterocycles. The number of carbonyl (C=O) groups is 4. The minimum Gasteiger partial charge on any atom is -0.478 e. The molecule has 14 nitrogen and oxygen atoms in total. The molecular formula is C41H56ClN5O9S. The highest BCUT2D eigenvalue weighted by atomic mass is 35.5. The van der Waals surface area contributed by atoms with Gasteiger partial charge in [0.05, 0.1) is 17.9 Å². The molecule has 1 aromatic carbocycles. The number of nitrogens with one attached hydrogen (secondary N) is 2. The summed E-state index contributed by atoms with van der Waals surface area (Å²) in [5, 5.41) is 15.2. The van der Waals surface area contributed by atoms with E-state index in [1.807, 2.05) is 26.0 Å². The third-order valence-electron chi connectivity index (χ3n) is 11.9. The van der Waals surface area contributed by atoms with Crippen LogP contribution in [0.25, 0.3) is 10.8 Å². The topological polar surface area (TPSA) is 185 Å². The van der Waals surface area contributed by atoms with Gasteiger partial charge in [-0.05, 0) is 96.6 Å². The van der Waals surface area contributed by atoms with E-state index in [1.54, 1.807) is 52.0 Å². The van der Waals surface area contributed by atoms with Gasteiger partial charge < -0.3 is 24.8 Å². The molecule has 0 radical (unpaired) electrons. The van der Waals surface area contributed by atoms with Crippen molar-refractivity contribution in [1.82, 2.24) is 24.8 Å². The minimum absolute atomic E-state index is 0.0317. The maximum absolute atomic E-state index is 15.1. The van der Waals surface area contributed by atoms with Crippen molar-refractivity contribution in [2.45, 2.75) is 134 Å². The van der Waals surface area contributed by atoms with Gasteiger partial charge in [-0.1, -0.05) is 50.6 Å². The van der Waals surface area contributed by atoms with Crippen molar-refractivity contribution >= 4 is 56.2 Å². The van der Waals surface area contributed by atoms with Crippen LogP contribution in [0.4, 0.5) is 4.79 Å². The van der Waals surface area contributed by atoms with Crippen molar-refractivity contribution in [1.29, 1.82) is 0 Å². The first-order valence-corrected chi connectivity index (χ1v) is 21.8. The fourth-order valence-electron chi connectivity index (χ4n) is 8.28. The molecule has 0 spiro atoms. The van der Waals surface area contributed by atoms with Crippen LogP contribution in [-0.2, 0) is 24.4 Å². The van der Waals surface area contributed by atoms with E-state index >= 15 is 4.79 Å². The quantitative estimate of drug-likeness (QED) is 0.251. The van der Waals surface area contributed by atoms with E-state index < -0.39 is 79.7 Å². The largest absolute Gasteiger partial charge is 0.478 e. The summed E-state index contributed by atoms with van der Waals surface area (Å²) in [7, 11) is -4.03. The first-order chi connectivity index (χ1) is 26.7. The normalized spacial score (nSPS) is 29.5. The summed E-state index contributed by atoms with van der Waals surface area (Å²) in [6.07, 6.45) is 5.32. The summed E-state index contributed by atoms with van der Waals surface area (Å²) in [4.78, 5) is 64.0. The molecule has 6 rings (SSSR count). The third-order valence-corrected chi connectivity index (χ3v) is 14.4. The van der Waals surface area contributed by atoms with Crippen molar-refractivity contribution in [2.24, 2.45) is 17.8 Å². The molecule has 7 atom stereocenters. The minimum atomic E-state index is -4.03. The summed E-state index contributed by atoms with van der Waals surface area (Å²) in [5.74, 6) is -2.43. The van der Waals surface area contributed by atoms with Crippen LogP contribution in [0, 0.1) is 17.8 Å². The van der Waals surface area contributed by atoms with Gasteiger partial charge in [-0.3, -0.25) is 24.0 Å². The van der Waals surface area contributed by atoms with Crippen molar-refractivity contribution in [3.05, 3.63) is 41.4 Å². The maximum Gasteiger partial charge on any atom is 0.408 e. The highest BCUT2D eigenvalue weighted by molar-refractivity contribution is 7.91. The summed E-state index contributed by atoms with van der Waals surface area (Å²) in [6, 6.07) is 4.64. The van der Waals surface area contributed by atoms with E-state index in [4.69, 9.17) is 21.1 Å². The Labute approximate surface area is 340 Å². The zero-order chi connectivity index (χ0) is 41.7. The van der Waals surface area contributed by atoms with E-state index in [9.17, 15) is 27.9 Å². The lowest BCUT2D eigenvalue weighted by molar-refractivity contribution is -0.146. The first kappa shape index (κ1) is 42.5. The number of hydrogen-bond donors (Lipinski definition) is 3. The number of aromatic nitrogens is 1. The average molecular weight is 830 g/mol. The number of carboxylic acid groups (broad SMARTS) is 1. The molecule has 3 N–H and O–H groups in total. The van der Waals surface area contributed by atoms with Crippen LogP contribution in [0.5, 0.6) is 11.8 Å². The Bertz CT molecular complexity index is 2050. The van der Waals surface area contributed by atoms with Crippen LogP contribution in [0.15, 0.2) is 36.4 Å². The molecule has 16 heteroatoms. The summed E-state index contributed by atoms with van der Waals surface area (Å²) < 4.78 is 40.1. The van der Waals surface area contributed by atoms with Crippen LogP contribution >= 0.6 is 11.6 Å². The smallest absolute Gasteiger partial charge is 0.408 e. The molecular weight excluding hydrogens is 774 g/mol. The average Bonchev–Trinajstić information content (AvgIpc) is 4.00. The van der Waals surface area contributed by atoms with E-state index in [-0.39, 0.29) is 37.1 Å². The summed E-state index contributed by atoms with van der Waals surface area (Å²) >= 11 is 6.60. The highest BCUT2D eigenvalue weighted by Gasteiger charge is 2.63. The molecule has 312 valence electrons. The number of fused-ring (bicyclic) bond motifs is 3. The number of hydrogen-bond acceptors (Lipinski definition) is 9. The summed E-state index contributed by atoms with van der Waals surface area (Å²) in [6.45, 7) is 12.9. The fraction of sp³-hybridized carbons (Fsp3) is 0.634. The second kappa shape index (κ2) is 15.9. The monoisotopic (exact) mass is 829 g/mol. The Morgan fingerprint density at radius 2 is 1.88 bits per heavy atom. The number of allylic oxidation sites excluding steroid dienone is 1. The zero-order valence-electron chi connectivity index (χ0n) is 33.8. The Morgan fingerprint density at radius 3 is 2.53 bits per heavy atom. The molecule has 2 aliphatic carbocycles. The second-order valence-electron chi connectivity index (χ2n) is 17.7. The van der Waals surface area contributed by atoms with Crippen molar-refractivity contribution in [2.75, 3.05) is 13.2 Å². The van der Waals surface area contributed by atoms with E-state index in [0.29, 0.717) is 48.1 Å². The lowest BCUT2D eigenvalue weighted by atomic mass is 9.85. The van der Waals surface area contributed by atoms with Gasteiger partial charge in [-0.2, -0.15) is 4.98 Å². The SMILES string of the molecule is CCCOc1cc2c(Cl)cccc2c(O[C@@H]2C[C@H]3C(=O)N[C@]4(C(=O)NS(=O)(=O)C5(C)CC5)C[C@H]4/C=C\CC[C@H](C)C[C@@H](C)[C@H](N(C(=O)O)C(C)(C)C)C(=O)N3C2)n1. The molecule has 3 heterocycles. The van der Waals surface area contributed by atoms with E-state index in [2.05, 4.69) is 21.9 Å². The Balaban J connectivity index is 1.41. The molecule has 57 heavy (non-hydrogen) atoms. The zero-order valence-corrected chi connectivity index (χ0v) is 35.4. The molecule has 2 saturated carbocycles. The fourth-order valence-corrected chi connectivity index (χ4v) is 9.82. The molecule has 0 bridgehead atoms. The van der Waals surface area contributed by atoms with Gasteiger partial charge in [-0.15, -0.1) is 0 Å². The predicted molar refractivity (Wildman–Crippen MR) is 215 cm³/mol. The van der Waals surface area contributed by atoms with Crippen molar-refractivity contribution < 1.29 is 42.2 Å². The number of sulfonamides is 1. The molecule has 0 unspecified atom stereocenters. The van der Waals surface area contributed by atoms with Crippen LogP contribution in [0.2, 0.25) is 5.02 Å². The molecule has 1 aromatic heterocycles. The molecule has 2 aromatic rings.